The lowest BCUT2D eigenvalue weighted by Gasteiger charge is -2.07. The average Bonchev–Trinajstić information content (AvgIpc) is 2.87. The van der Waals surface area contributed by atoms with Gasteiger partial charge in [-0.1, -0.05) is 29.3 Å². The summed E-state index contributed by atoms with van der Waals surface area (Å²) in [6, 6.07) is 5.28. The Morgan fingerprint density at radius 2 is 2.00 bits per heavy atom. The minimum absolute atomic E-state index is 0.215. The highest BCUT2D eigenvalue weighted by Crippen LogP contribution is 2.32. The van der Waals surface area contributed by atoms with E-state index in [-0.39, 0.29) is 6.10 Å². The van der Waals surface area contributed by atoms with Crippen LogP contribution in [0.4, 0.5) is 0 Å². The molecule has 0 radical (unpaired) electrons. The van der Waals surface area contributed by atoms with Gasteiger partial charge in [0.25, 0.3) is 0 Å². The van der Waals surface area contributed by atoms with Crippen LogP contribution in [0.25, 0.3) is 0 Å². The smallest absolute Gasteiger partial charge is 0.156 e. The van der Waals surface area contributed by atoms with E-state index in [0.29, 0.717) is 22.4 Å². The zero-order chi connectivity index (χ0) is 9.26. The first-order valence-electron chi connectivity index (χ1n) is 3.96. The van der Waals surface area contributed by atoms with Crippen LogP contribution in [0.15, 0.2) is 18.2 Å². The molecule has 13 heavy (non-hydrogen) atoms. The average molecular weight is 219 g/mol. The van der Waals surface area contributed by atoms with Crippen LogP contribution in [0.1, 0.15) is 0 Å². The molecule has 1 aliphatic rings. The molecule has 1 aromatic rings. The molecule has 0 unspecified atom stereocenters. The van der Waals surface area contributed by atoms with E-state index >= 15 is 0 Å². The highest BCUT2D eigenvalue weighted by molar-refractivity contribution is 6.37. The highest BCUT2D eigenvalue weighted by atomic mass is 35.5. The van der Waals surface area contributed by atoms with Crippen molar-refractivity contribution in [2.75, 3.05) is 13.2 Å². The number of rotatable bonds is 3. The van der Waals surface area contributed by atoms with Gasteiger partial charge in [-0.2, -0.15) is 0 Å². The van der Waals surface area contributed by atoms with Crippen molar-refractivity contribution in [2.45, 2.75) is 6.10 Å². The summed E-state index contributed by atoms with van der Waals surface area (Å²) in [6.07, 6.45) is 0.215. The molecule has 2 nitrogen and oxygen atoms in total. The summed E-state index contributed by atoms with van der Waals surface area (Å²) < 4.78 is 10.4. The van der Waals surface area contributed by atoms with E-state index in [0.717, 1.165) is 6.61 Å². The molecule has 0 spiro atoms. The van der Waals surface area contributed by atoms with Crippen molar-refractivity contribution in [2.24, 2.45) is 0 Å². The molecule has 0 amide bonds. The van der Waals surface area contributed by atoms with Gasteiger partial charge in [0.15, 0.2) is 5.75 Å². The lowest BCUT2D eigenvalue weighted by atomic mass is 10.3. The van der Waals surface area contributed by atoms with Crippen LogP contribution in [-0.2, 0) is 4.74 Å². The van der Waals surface area contributed by atoms with Gasteiger partial charge in [-0.15, -0.1) is 0 Å². The fourth-order valence-corrected chi connectivity index (χ4v) is 1.47. The number of epoxide rings is 1. The maximum absolute atomic E-state index is 5.88. The van der Waals surface area contributed by atoms with E-state index in [4.69, 9.17) is 32.7 Å². The molecule has 70 valence electrons. The van der Waals surface area contributed by atoms with Gasteiger partial charge < -0.3 is 9.47 Å². The number of benzene rings is 1. The molecular formula is C9H8Cl2O2. The van der Waals surface area contributed by atoms with Gasteiger partial charge in [0.05, 0.1) is 16.7 Å². The van der Waals surface area contributed by atoms with Crippen molar-refractivity contribution in [3.8, 4) is 5.75 Å². The van der Waals surface area contributed by atoms with Gasteiger partial charge in [-0.25, -0.2) is 0 Å². The maximum atomic E-state index is 5.88. The first-order valence-corrected chi connectivity index (χ1v) is 4.71. The van der Waals surface area contributed by atoms with E-state index in [1.54, 1.807) is 18.2 Å². The Morgan fingerprint density at radius 1 is 1.38 bits per heavy atom. The number of hydrogen-bond acceptors (Lipinski definition) is 2. The molecule has 0 saturated carbocycles. The quantitative estimate of drug-likeness (QED) is 0.729. The zero-order valence-electron chi connectivity index (χ0n) is 6.80. The Bertz CT molecular complexity index is 290. The molecule has 1 atom stereocenters. The molecule has 4 heteroatoms. The summed E-state index contributed by atoms with van der Waals surface area (Å²) in [4.78, 5) is 0. The highest BCUT2D eigenvalue weighted by Gasteiger charge is 2.23. The van der Waals surface area contributed by atoms with Crippen molar-refractivity contribution in [3.05, 3.63) is 28.2 Å². The minimum atomic E-state index is 0.215. The zero-order valence-corrected chi connectivity index (χ0v) is 8.31. The second-order valence-corrected chi connectivity index (χ2v) is 3.63. The second kappa shape index (κ2) is 3.74. The van der Waals surface area contributed by atoms with Crippen molar-refractivity contribution < 1.29 is 9.47 Å². The first kappa shape index (κ1) is 9.13. The van der Waals surface area contributed by atoms with Crippen LogP contribution in [0, 0.1) is 0 Å². The molecule has 0 aromatic heterocycles. The fourth-order valence-electron chi connectivity index (χ4n) is 0.961. The normalized spacial score (nSPS) is 20.0. The van der Waals surface area contributed by atoms with Crippen LogP contribution in [-0.4, -0.2) is 19.3 Å². The number of para-hydroxylation sites is 1. The molecule has 0 aliphatic carbocycles. The van der Waals surface area contributed by atoms with E-state index in [9.17, 15) is 0 Å². The van der Waals surface area contributed by atoms with Crippen molar-refractivity contribution >= 4 is 23.2 Å². The Hall–Kier alpha value is -0.440. The summed E-state index contributed by atoms with van der Waals surface area (Å²) in [5, 5.41) is 1.07. The van der Waals surface area contributed by atoms with Gasteiger partial charge in [-0.05, 0) is 12.1 Å². The molecule has 1 aliphatic heterocycles. The van der Waals surface area contributed by atoms with Crippen LogP contribution < -0.4 is 4.74 Å². The Labute approximate surface area is 86.4 Å². The molecule has 1 aromatic carbocycles. The summed E-state index contributed by atoms with van der Waals surface area (Å²) in [5.41, 5.74) is 0. The number of ether oxygens (including phenoxy) is 2. The van der Waals surface area contributed by atoms with E-state index < -0.39 is 0 Å². The summed E-state index contributed by atoms with van der Waals surface area (Å²) >= 11 is 11.8. The number of hydrogen-bond donors (Lipinski definition) is 0. The summed E-state index contributed by atoms with van der Waals surface area (Å²) in [5.74, 6) is 0.543. The topological polar surface area (TPSA) is 21.8 Å². The predicted octanol–water partition coefficient (Wildman–Crippen LogP) is 2.77. The maximum Gasteiger partial charge on any atom is 0.156 e. The van der Waals surface area contributed by atoms with Crippen LogP contribution >= 0.6 is 23.2 Å². The molecule has 0 bridgehead atoms. The Kier molecular flexibility index (Phi) is 2.63. The SMILES string of the molecule is Clc1cccc(Cl)c1OC[C@@H]1CO1. The van der Waals surface area contributed by atoms with Gasteiger partial charge in [-0.3, -0.25) is 0 Å². The van der Waals surface area contributed by atoms with Crippen LogP contribution in [0.2, 0.25) is 10.0 Å². The third kappa shape index (κ3) is 2.27. The van der Waals surface area contributed by atoms with Crippen molar-refractivity contribution in [1.29, 1.82) is 0 Å². The standard InChI is InChI=1S/C9H8Cl2O2/c10-7-2-1-3-8(11)9(7)13-5-6-4-12-6/h1-3,6H,4-5H2/t6-/m0/s1. The van der Waals surface area contributed by atoms with Crippen LogP contribution in [0.5, 0.6) is 5.75 Å². The Morgan fingerprint density at radius 3 is 2.54 bits per heavy atom. The van der Waals surface area contributed by atoms with Gasteiger partial charge in [0.2, 0.25) is 0 Å². The third-order valence-electron chi connectivity index (χ3n) is 1.73. The lowest BCUT2D eigenvalue weighted by Crippen LogP contribution is -2.04. The molecule has 0 N–H and O–H groups in total. The van der Waals surface area contributed by atoms with E-state index in [2.05, 4.69) is 0 Å². The van der Waals surface area contributed by atoms with E-state index in [1.807, 2.05) is 0 Å². The van der Waals surface area contributed by atoms with Gasteiger partial charge >= 0.3 is 0 Å². The largest absolute Gasteiger partial charge is 0.488 e. The minimum Gasteiger partial charge on any atom is -0.488 e. The van der Waals surface area contributed by atoms with Gasteiger partial charge in [0, 0.05) is 0 Å². The molecule has 1 fully saturated rings. The number of halogens is 2. The molecule has 2 rings (SSSR count). The fraction of sp³-hybridized carbons (Fsp3) is 0.333. The molecule has 1 heterocycles. The summed E-state index contributed by atoms with van der Waals surface area (Å²) in [6.45, 7) is 1.28. The lowest BCUT2D eigenvalue weighted by molar-refractivity contribution is 0.263. The first-order chi connectivity index (χ1) is 6.27. The Balaban J connectivity index is 2.07. The van der Waals surface area contributed by atoms with Crippen molar-refractivity contribution in [3.63, 3.8) is 0 Å². The van der Waals surface area contributed by atoms with Gasteiger partial charge in [0.1, 0.15) is 12.7 Å². The summed E-state index contributed by atoms with van der Waals surface area (Å²) in [7, 11) is 0. The monoisotopic (exact) mass is 218 g/mol. The van der Waals surface area contributed by atoms with Crippen molar-refractivity contribution in [1.82, 2.24) is 0 Å². The second-order valence-electron chi connectivity index (χ2n) is 2.82. The predicted molar refractivity (Wildman–Crippen MR) is 51.7 cm³/mol. The third-order valence-corrected chi connectivity index (χ3v) is 2.33. The molecule has 1 saturated heterocycles. The van der Waals surface area contributed by atoms with Crippen LogP contribution in [0.3, 0.4) is 0 Å². The van der Waals surface area contributed by atoms with E-state index in [1.165, 1.54) is 0 Å². The molecular weight excluding hydrogens is 211 g/mol.